The minimum atomic E-state index is 0.248. The normalized spacial score (nSPS) is 12.1. The van der Waals surface area contributed by atoms with Crippen molar-refractivity contribution in [1.29, 1.82) is 0 Å². The van der Waals surface area contributed by atoms with Gasteiger partial charge in [-0.25, -0.2) is 4.98 Å². The van der Waals surface area contributed by atoms with Crippen molar-refractivity contribution in [2.24, 2.45) is 16.8 Å². The van der Waals surface area contributed by atoms with E-state index < -0.39 is 0 Å². The molecule has 18 heavy (non-hydrogen) atoms. The smallest absolute Gasteiger partial charge is 0.205 e. The molecule has 1 heterocycles. The summed E-state index contributed by atoms with van der Waals surface area (Å²) in [6.45, 7) is 8.89. The van der Waals surface area contributed by atoms with Crippen LogP contribution in [0.15, 0.2) is 17.5 Å². The number of amidine groups is 1. The molecule has 0 radical (unpaired) electrons. The second-order valence-corrected chi connectivity index (χ2v) is 4.69. The Kier molecular flexibility index (Phi) is 5.48. The van der Waals surface area contributed by atoms with E-state index in [1.807, 2.05) is 6.20 Å². The molecule has 3 N–H and O–H groups in total. The van der Waals surface area contributed by atoms with Crippen LogP contribution in [0.2, 0.25) is 0 Å². The Morgan fingerprint density at radius 3 is 2.89 bits per heavy atom. The van der Waals surface area contributed by atoms with Crippen LogP contribution in [0.25, 0.3) is 0 Å². The Balaban J connectivity index is 2.78. The molecular formula is C12H23N5O. The van der Waals surface area contributed by atoms with E-state index in [2.05, 4.69) is 40.4 Å². The van der Waals surface area contributed by atoms with Gasteiger partial charge in [0.1, 0.15) is 5.84 Å². The van der Waals surface area contributed by atoms with Crippen molar-refractivity contribution < 1.29 is 5.21 Å². The molecule has 0 bridgehead atoms. The first kappa shape index (κ1) is 14.3. The lowest BCUT2D eigenvalue weighted by Gasteiger charge is -2.25. The van der Waals surface area contributed by atoms with Crippen LogP contribution in [0.1, 0.15) is 27.2 Å². The zero-order valence-corrected chi connectivity index (χ0v) is 11.4. The number of aryl methyl sites for hydroxylation is 1. The molecular weight excluding hydrogens is 230 g/mol. The summed E-state index contributed by atoms with van der Waals surface area (Å²) in [5.41, 5.74) is 5.52. The lowest BCUT2D eigenvalue weighted by molar-refractivity contribution is 0.317. The van der Waals surface area contributed by atoms with Gasteiger partial charge in [0.05, 0.1) is 0 Å². The van der Waals surface area contributed by atoms with Gasteiger partial charge in [0, 0.05) is 38.4 Å². The third-order valence-electron chi connectivity index (χ3n) is 2.67. The third-order valence-corrected chi connectivity index (χ3v) is 2.67. The van der Waals surface area contributed by atoms with E-state index in [0.29, 0.717) is 18.9 Å². The maximum atomic E-state index is 8.58. The van der Waals surface area contributed by atoms with Crippen LogP contribution in [0.3, 0.4) is 0 Å². The Morgan fingerprint density at radius 2 is 2.33 bits per heavy atom. The Labute approximate surface area is 108 Å². The van der Waals surface area contributed by atoms with Gasteiger partial charge in [0.2, 0.25) is 5.95 Å². The van der Waals surface area contributed by atoms with Crippen molar-refractivity contribution in [3.05, 3.63) is 12.4 Å². The van der Waals surface area contributed by atoms with E-state index in [-0.39, 0.29) is 5.84 Å². The van der Waals surface area contributed by atoms with Crippen molar-refractivity contribution in [1.82, 2.24) is 9.55 Å². The zero-order chi connectivity index (χ0) is 13.5. The van der Waals surface area contributed by atoms with Gasteiger partial charge in [-0.2, -0.15) is 0 Å². The number of rotatable bonds is 7. The maximum Gasteiger partial charge on any atom is 0.205 e. The molecule has 1 aromatic rings. The number of hydrogen-bond donors (Lipinski definition) is 2. The monoisotopic (exact) mass is 253 g/mol. The highest BCUT2D eigenvalue weighted by Gasteiger charge is 2.14. The van der Waals surface area contributed by atoms with E-state index in [1.54, 1.807) is 6.20 Å². The molecule has 0 aliphatic rings. The number of nitrogens with two attached hydrogens (primary N) is 1. The molecule has 0 fully saturated rings. The number of aromatic nitrogens is 2. The molecule has 6 nitrogen and oxygen atoms in total. The number of oxime groups is 1. The number of nitrogens with zero attached hydrogens (tertiary/aromatic N) is 4. The Bertz CT molecular complexity index is 386. The summed E-state index contributed by atoms with van der Waals surface area (Å²) < 4.78 is 2.09. The topological polar surface area (TPSA) is 79.7 Å². The highest BCUT2D eigenvalue weighted by molar-refractivity contribution is 5.80. The summed E-state index contributed by atoms with van der Waals surface area (Å²) in [5.74, 6) is 1.72. The molecule has 0 amide bonds. The van der Waals surface area contributed by atoms with Gasteiger partial charge in [-0.05, 0) is 12.8 Å². The van der Waals surface area contributed by atoms with Crippen molar-refractivity contribution in [3.8, 4) is 0 Å². The molecule has 6 heteroatoms. The maximum absolute atomic E-state index is 8.58. The number of anilines is 1. The molecule has 0 aromatic carbocycles. The van der Waals surface area contributed by atoms with Gasteiger partial charge >= 0.3 is 0 Å². The Morgan fingerprint density at radius 1 is 1.61 bits per heavy atom. The molecule has 0 saturated carbocycles. The molecule has 0 saturated heterocycles. The predicted octanol–water partition coefficient (Wildman–Crippen LogP) is 1.50. The lowest BCUT2D eigenvalue weighted by Crippen LogP contribution is -2.33. The van der Waals surface area contributed by atoms with Crippen molar-refractivity contribution in [2.45, 2.75) is 33.7 Å². The first-order valence-electron chi connectivity index (χ1n) is 6.31. The molecule has 1 rings (SSSR count). The van der Waals surface area contributed by atoms with Crippen LogP contribution in [0, 0.1) is 5.92 Å². The summed E-state index contributed by atoms with van der Waals surface area (Å²) >= 11 is 0. The minimum Gasteiger partial charge on any atom is -0.409 e. The fraction of sp³-hybridized carbons (Fsp3) is 0.667. The highest BCUT2D eigenvalue weighted by atomic mass is 16.4. The minimum absolute atomic E-state index is 0.248. The SMILES string of the molecule is CCn1ccnc1N(CCC(N)=NO)CC(C)C. The van der Waals surface area contributed by atoms with E-state index >= 15 is 0 Å². The van der Waals surface area contributed by atoms with Gasteiger partial charge in [0.25, 0.3) is 0 Å². The molecule has 1 aromatic heterocycles. The fourth-order valence-corrected chi connectivity index (χ4v) is 1.84. The standard InChI is InChI=1S/C12H23N5O/c1-4-16-8-6-14-12(16)17(9-10(2)3)7-5-11(13)15-18/h6,8,10,18H,4-5,7,9H2,1-3H3,(H2,13,15). The van der Waals surface area contributed by atoms with Crippen LogP contribution in [-0.2, 0) is 6.54 Å². The van der Waals surface area contributed by atoms with Crippen molar-refractivity contribution in [3.63, 3.8) is 0 Å². The molecule has 0 unspecified atom stereocenters. The summed E-state index contributed by atoms with van der Waals surface area (Å²) in [6.07, 6.45) is 4.29. The second kappa shape index (κ2) is 6.88. The van der Waals surface area contributed by atoms with Gasteiger partial charge < -0.3 is 20.4 Å². The van der Waals surface area contributed by atoms with Crippen LogP contribution < -0.4 is 10.6 Å². The number of hydrogen-bond acceptors (Lipinski definition) is 4. The zero-order valence-electron chi connectivity index (χ0n) is 11.4. The van der Waals surface area contributed by atoms with E-state index in [9.17, 15) is 0 Å². The van der Waals surface area contributed by atoms with Crippen LogP contribution >= 0.6 is 0 Å². The summed E-state index contributed by atoms with van der Waals surface area (Å²) in [7, 11) is 0. The average Bonchev–Trinajstić information content (AvgIpc) is 2.81. The van der Waals surface area contributed by atoms with Crippen molar-refractivity contribution >= 4 is 11.8 Å². The lowest BCUT2D eigenvalue weighted by atomic mass is 10.2. The van der Waals surface area contributed by atoms with E-state index in [1.165, 1.54) is 0 Å². The molecule has 102 valence electrons. The first-order valence-corrected chi connectivity index (χ1v) is 6.31. The molecule has 0 aliphatic heterocycles. The number of imidazole rings is 1. The second-order valence-electron chi connectivity index (χ2n) is 4.69. The van der Waals surface area contributed by atoms with E-state index in [4.69, 9.17) is 10.9 Å². The predicted molar refractivity (Wildman–Crippen MR) is 73.0 cm³/mol. The van der Waals surface area contributed by atoms with E-state index in [0.717, 1.165) is 19.0 Å². The van der Waals surface area contributed by atoms with Crippen LogP contribution in [0.4, 0.5) is 5.95 Å². The highest BCUT2D eigenvalue weighted by Crippen LogP contribution is 2.14. The fourth-order valence-electron chi connectivity index (χ4n) is 1.84. The summed E-state index contributed by atoms with van der Waals surface area (Å²) in [5, 5.41) is 11.6. The largest absolute Gasteiger partial charge is 0.409 e. The van der Waals surface area contributed by atoms with Gasteiger partial charge in [-0.1, -0.05) is 19.0 Å². The molecule has 0 aliphatic carbocycles. The van der Waals surface area contributed by atoms with Crippen LogP contribution in [0.5, 0.6) is 0 Å². The third kappa shape index (κ3) is 3.94. The van der Waals surface area contributed by atoms with Crippen molar-refractivity contribution in [2.75, 3.05) is 18.0 Å². The summed E-state index contributed by atoms with van der Waals surface area (Å²) in [4.78, 5) is 6.56. The quantitative estimate of drug-likeness (QED) is 0.334. The first-order chi connectivity index (χ1) is 8.58. The molecule has 0 spiro atoms. The van der Waals surface area contributed by atoms with Crippen LogP contribution in [-0.4, -0.2) is 33.7 Å². The van der Waals surface area contributed by atoms with Gasteiger partial charge in [0.15, 0.2) is 0 Å². The average molecular weight is 253 g/mol. The summed E-state index contributed by atoms with van der Waals surface area (Å²) in [6, 6.07) is 0. The molecule has 0 atom stereocenters. The Hall–Kier alpha value is -1.72. The van der Waals surface area contributed by atoms with Gasteiger partial charge in [-0.3, -0.25) is 0 Å². The van der Waals surface area contributed by atoms with Gasteiger partial charge in [-0.15, -0.1) is 0 Å².